The molecule has 2 aromatic carbocycles. The van der Waals surface area contributed by atoms with Gasteiger partial charge in [-0.1, -0.05) is 18.2 Å². The van der Waals surface area contributed by atoms with Crippen molar-refractivity contribution in [1.82, 2.24) is 0 Å². The van der Waals surface area contributed by atoms with Gasteiger partial charge >= 0.3 is 0 Å². The van der Waals surface area contributed by atoms with Crippen molar-refractivity contribution in [3.8, 4) is 5.75 Å². The smallest absolute Gasteiger partial charge is 0.271 e. The summed E-state index contributed by atoms with van der Waals surface area (Å²) in [5.74, 6) is 0.797. The number of ether oxygens (including phenoxy) is 1. The van der Waals surface area contributed by atoms with Crippen LogP contribution >= 0.6 is 0 Å². The quantitative estimate of drug-likeness (QED) is 0.365. The molecule has 0 heterocycles. The summed E-state index contributed by atoms with van der Waals surface area (Å²) in [7, 11) is 0. The molecule has 0 bridgehead atoms. The highest BCUT2D eigenvalue weighted by Gasteiger charge is 2.08. The molecule has 0 amide bonds. The average Bonchev–Trinajstić information content (AvgIpc) is 2.46. The summed E-state index contributed by atoms with van der Waals surface area (Å²) < 4.78 is 5.52. The number of para-hydroxylation sites is 1. The Morgan fingerprint density at radius 3 is 2.60 bits per heavy atom. The summed E-state index contributed by atoms with van der Waals surface area (Å²) >= 11 is 0. The van der Waals surface area contributed by atoms with Gasteiger partial charge in [0, 0.05) is 18.7 Å². The molecule has 0 saturated carbocycles. The first-order chi connectivity index (χ1) is 9.66. The third-order valence-corrected chi connectivity index (χ3v) is 2.68. The molecule has 6 nitrogen and oxygen atoms in total. The Labute approximate surface area is 116 Å². The number of rotatable bonds is 6. The predicted molar refractivity (Wildman–Crippen MR) is 77.9 cm³/mol. The molecule has 0 aliphatic rings. The number of nitrogens with zero attached hydrogens (tertiary/aromatic N) is 1. The highest BCUT2D eigenvalue weighted by molar-refractivity contribution is 5.69. The largest absolute Gasteiger partial charge is 0.492 e. The van der Waals surface area contributed by atoms with Crippen LogP contribution in [-0.4, -0.2) is 18.1 Å². The van der Waals surface area contributed by atoms with Gasteiger partial charge in [-0.15, -0.1) is 0 Å². The fourth-order valence-electron chi connectivity index (χ4n) is 1.70. The number of nitro benzene ring substituents is 1. The first-order valence-electron chi connectivity index (χ1n) is 6.12. The van der Waals surface area contributed by atoms with Gasteiger partial charge in [-0.05, 0) is 18.2 Å². The van der Waals surface area contributed by atoms with Crippen LogP contribution in [0.5, 0.6) is 5.75 Å². The van der Waals surface area contributed by atoms with E-state index >= 15 is 0 Å². The highest BCUT2D eigenvalue weighted by Crippen LogP contribution is 2.23. The normalized spacial score (nSPS) is 10.0. The van der Waals surface area contributed by atoms with Crippen molar-refractivity contribution in [2.24, 2.45) is 0 Å². The summed E-state index contributed by atoms with van der Waals surface area (Å²) in [5.41, 5.74) is 6.73. The summed E-state index contributed by atoms with van der Waals surface area (Å²) in [6.07, 6.45) is 0. The lowest BCUT2D eigenvalue weighted by Gasteiger charge is -2.10. The minimum atomic E-state index is -0.474. The van der Waals surface area contributed by atoms with Gasteiger partial charge in [0.1, 0.15) is 12.4 Å². The van der Waals surface area contributed by atoms with Gasteiger partial charge < -0.3 is 15.8 Å². The van der Waals surface area contributed by atoms with Crippen molar-refractivity contribution in [3.05, 3.63) is 58.6 Å². The Balaban J connectivity index is 1.84. The van der Waals surface area contributed by atoms with Gasteiger partial charge in [0.25, 0.3) is 5.69 Å². The second-order valence-corrected chi connectivity index (χ2v) is 4.12. The number of benzene rings is 2. The lowest BCUT2D eigenvalue weighted by molar-refractivity contribution is -0.384. The van der Waals surface area contributed by atoms with Gasteiger partial charge in [0.2, 0.25) is 0 Å². The number of nitrogens with one attached hydrogen (secondary N) is 1. The fraction of sp³-hybridized carbons (Fsp3) is 0.143. The van der Waals surface area contributed by atoms with Crippen LogP contribution in [0.15, 0.2) is 48.5 Å². The Morgan fingerprint density at radius 2 is 1.95 bits per heavy atom. The second-order valence-electron chi connectivity index (χ2n) is 4.12. The van der Waals surface area contributed by atoms with Crippen LogP contribution in [0.1, 0.15) is 0 Å². The van der Waals surface area contributed by atoms with Crippen molar-refractivity contribution in [2.45, 2.75) is 0 Å². The summed E-state index contributed by atoms with van der Waals surface area (Å²) in [5, 5.41) is 13.7. The number of hydrogen-bond donors (Lipinski definition) is 2. The molecule has 0 aliphatic heterocycles. The van der Waals surface area contributed by atoms with E-state index in [9.17, 15) is 10.1 Å². The molecule has 0 unspecified atom stereocenters. The molecule has 0 saturated heterocycles. The molecule has 0 aromatic heterocycles. The van der Waals surface area contributed by atoms with Gasteiger partial charge in [-0.2, -0.15) is 0 Å². The van der Waals surface area contributed by atoms with Gasteiger partial charge in [0.15, 0.2) is 0 Å². The van der Waals surface area contributed by atoms with Crippen LogP contribution in [0.3, 0.4) is 0 Å². The first kappa shape index (κ1) is 13.7. The maximum absolute atomic E-state index is 10.6. The maximum atomic E-state index is 10.6. The Hall–Kier alpha value is -2.76. The summed E-state index contributed by atoms with van der Waals surface area (Å²) in [6.45, 7) is 1.03. The van der Waals surface area contributed by atoms with Gasteiger partial charge in [-0.3, -0.25) is 10.1 Å². The fourth-order valence-corrected chi connectivity index (χ4v) is 1.70. The van der Waals surface area contributed by atoms with Crippen LogP contribution in [0.4, 0.5) is 17.1 Å². The van der Waals surface area contributed by atoms with E-state index in [1.165, 1.54) is 12.1 Å². The second kappa shape index (κ2) is 6.42. The first-order valence-corrected chi connectivity index (χ1v) is 6.12. The van der Waals surface area contributed by atoms with E-state index in [2.05, 4.69) is 5.32 Å². The summed E-state index contributed by atoms with van der Waals surface area (Å²) in [4.78, 5) is 10.1. The molecule has 3 N–H and O–H groups in total. The number of nitrogens with two attached hydrogens (primary N) is 1. The molecule has 2 rings (SSSR count). The van der Waals surface area contributed by atoms with Crippen LogP contribution < -0.4 is 15.8 Å². The monoisotopic (exact) mass is 273 g/mol. The molecule has 0 atom stereocenters. The molecular weight excluding hydrogens is 258 g/mol. The minimum Gasteiger partial charge on any atom is -0.492 e. The van der Waals surface area contributed by atoms with Gasteiger partial charge in [-0.25, -0.2) is 0 Å². The van der Waals surface area contributed by atoms with Crippen LogP contribution in [0, 0.1) is 10.1 Å². The Morgan fingerprint density at radius 1 is 1.20 bits per heavy atom. The van der Waals surface area contributed by atoms with Crippen molar-refractivity contribution in [1.29, 1.82) is 0 Å². The van der Waals surface area contributed by atoms with Crippen molar-refractivity contribution in [3.63, 3.8) is 0 Å². The minimum absolute atomic E-state index is 0.0198. The number of non-ortho nitro benzene ring substituents is 1. The van der Waals surface area contributed by atoms with Crippen LogP contribution in [-0.2, 0) is 0 Å². The molecule has 20 heavy (non-hydrogen) atoms. The summed E-state index contributed by atoms with van der Waals surface area (Å²) in [6, 6.07) is 13.8. The standard InChI is InChI=1S/C14H15N3O3/c15-13-10-11(17(18)19)6-7-14(13)16-8-9-20-12-4-2-1-3-5-12/h1-7,10,16H,8-9,15H2. The third-order valence-electron chi connectivity index (χ3n) is 2.68. The number of hydrogen-bond acceptors (Lipinski definition) is 5. The van der Waals surface area contributed by atoms with E-state index in [0.29, 0.717) is 24.5 Å². The Bertz CT molecular complexity index is 587. The topological polar surface area (TPSA) is 90.4 Å². The molecule has 6 heteroatoms. The Kier molecular flexibility index (Phi) is 4.39. The highest BCUT2D eigenvalue weighted by atomic mass is 16.6. The number of anilines is 2. The zero-order valence-electron chi connectivity index (χ0n) is 10.8. The molecule has 104 valence electrons. The molecule has 0 fully saturated rings. The van der Waals surface area contributed by atoms with E-state index in [1.807, 2.05) is 30.3 Å². The lowest BCUT2D eigenvalue weighted by atomic mass is 10.2. The number of nitrogen functional groups attached to an aromatic ring is 1. The zero-order chi connectivity index (χ0) is 14.4. The van der Waals surface area contributed by atoms with E-state index in [1.54, 1.807) is 6.07 Å². The predicted octanol–water partition coefficient (Wildman–Crippen LogP) is 2.67. The average molecular weight is 273 g/mol. The zero-order valence-corrected chi connectivity index (χ0v) is 10.8. The van der Waals surface area contributed by atoms with Crippen LogP contribution in [0.2, 0.25) is 0 Å². The molecule has 0 radical (unpaired) electrons. The van der Waals surface area contributed by atoms with E-state index in [-0.39, 0.29) is 5.69 Å². The lowest BCUT2D eigenvalue weighted by Crippen LogP contribution is -2.12. The van der Waals surface area contributed by atoms with Gasteiger partial charge in [0.05, 0.1) is 16.3 Å². The van der Waals surface area contributed by atoms with Crippen molar-refractivity contribution >= 4 is 17.1 Å². The van der Waals surface area contributed by atoms with Crippen molar-refractivity contribution in [2.75, 3.05) is 24.2 Å². The maximum Gasteiger partial charge on any atom is 0.271 e. The third kappa shape index (κ3) is 3.61. The molecule has 0 aliphatic carbocycles. The van der Waals surface area contributed by atoms with Crippen LogP contribution in [0.25, 0.3) is 0 Å². The number of nitro groups is 1. The molecule has 2 aromatic rings. The molecular formula is C14H15N3O3. The SMILES string of the molecule is Nc1cc([N+](=O)[O-])ccc1NCCOc1ccccc1. The van der Waals surface area contributed by atoms with E-state index < -0.39 is 4.92 Å². The van der Waals surface area contributed by atoms with E-state index in [0.717, 1.165) is 5.75 Å². The van der Waals surface area contributed by atoms with E-state index in [4.69, 9.17) is 10.5 Å². The van der Waals surface area contributed by atoms with Crippen molar-refractivity contribution < 1.29 is 9.66 Å². The molecule has 0 spiro atoms.